The lowest BCUT2D eigenvalue weighted by Gasteiger charge is -2.21. The zero-order valence-electron chi connectivity index (χ0n) is 10.4. The van der Waals surface area contributed by atoms with Crippen LogP contribution >= 0.6 is 0 Å². The molecule has 2 aromatic rings. The third-order valence-electron chi connectivity index (χ3n) is 3.48. The normalized spacial score (nSPS) is 19.9. The summed E-state index contributed by atoms with van der Waals surface area (Å²) in [6.07, 6.45) is 9.17. The molecule has 4 nitrogen and oxygen atoms in total. The van der Waals surface area contributed by atoms with E-state index in [9.17, 15) is 0 Å². The lowest BCUT2D eigenvalue weighted by Crippen LogP contribution is -2.31. The molecule has 4 heteroatoms. The van der Waals surface area contributed by atoms with E-state index in [1.165, 1.54) is 12.8 Å². The minimum Gasteiger partial charge on any atom is -0.342 e. The number of aromatic nitrogens is 3. The Morgan fingerprint density at radius 2 is 2.33 bits per heavy atom. The molecule has 0 spiro atoms. The predicted molar refractivity (Wildman–Crippen MR) is 71.1 cm³/mol. The zero-order chi connectivity index (χ0) is 12.2. The molecule has 1 fully saturated rings. The lowest BCUT2D eigenvalue weighted by molar-refractivity contribution is 0.371. The lowest BCUT2D eigenvalue weighted by atomic mass is 9.96. The Labute approximate surface area is 107 Å². The summed E-state index contributed by atoms with van der Waals surface area (Å²) in [6, 6.07) is 3.99. The number of hydrogen-bond donors (Lipinski definition) is 2. The largest absolute Gasteiger partial charge is 0.342 e. The first kappa shape index (κ1) is 11.4. The van der Waals surface area contributed by atoms with Gasteiger partial charge in [-0.25, -0.2) is 4.98 Å². The van der Waals surface area contributed by atoms with Crippen LogP contribution < -0.4 is 5.32 Å². The summed E-state index contributed by atoms with van der Waals surface area (Å²) in [7, 11) is 0. The van der Waals surface area contributed by atoms with Gasteiger partial charge in [0, 0.05) is 24.4 Å². The highest BCUT2D eigenvalue weighted by Crippen LogP contribution is 2.18. The highest BCUT2D eigenvalue weighted by molar-refractivity contribution is 5.56. The number of nitrogens with one attached hydrogen (secondary N) is 2. The van der Waals surface area contributed by atoms with Crippen molar-refractivity contribution < 1.29 is 0 Å². The second kappa shape index (κ2) is 5.31. The van der Waals surface area contributed by atoms with Gasteiger partial charge in [0.05, 0.1) is 11.9 Å². The van der Waals surface area contributed by atoms with Gasteiger partial charge in [-0.3, -0.25) is 4.98 Å². The van der Waals surface area contributed by atoms with Crippen molar-refractivity contribution in [1.82, 2.24) is 20.3 Å². The Morgan fingerprint density at radius 1 is 1.33 bits per heavy atom. The van der Waals surface area contributed by atoms with Crippen molar-refractivity contribution in [1.29, 1.82) is 0 Å². The van der Waals surface area contributed by atoms with Crippen LogP contribution in [0, 0.1) is 5.92 Å². The summed E-state index contributed by atoms with van der Waals surface area (Å²) in [5.41, 5.74) is 2.15. The van der Waals surface area contributed by atoms with Crippen LogP contribution in [-0.4, -0.2) is 28.0 Å². The fourth-order valence-corrected chi connectivity index (χ4v) is 2.51. The van der Waals surface area contributed by atoms with Gasteiger partial charge in [0.25, 0.3) is 0 Å². The number of nitrogens with zero attached hydrogens (tertiary/aromatic N) is 2. The molecule has 3 rings (SSSR count). The molecule has 0 amide bonds. The van der Waals surface area contributed by atoms with Gasteiger partial charge in [0.15, 0.2) is 0 Å². The van der Waals surface area contributed by atoms with E-state index >= 15 is 0 Å². The molecule has 0 aromatic carbocycles. The van der Waals surface area contributed by atoms with Gasteiger partial charge in [-0.15, -0.1) is 0 Å². The maximum Gasteiger partial charge on any atom is 0.106 e. The number of aromatic amines is 1. The number of H-pyrrole nitrogens is 1. The van der Waals surface area contributed by atoms with E-state index in [2.05, 4.69) is 20.3 Å². The summed E-state index contributed by atoms with van der Waals surface area (Å²) >= 11 is 0. The second-order valence-electron chi connectivity index (χ2n) is 4.90. The topological polar surface area (TPSA) is 53.6 Å². The Balaban J connectivity index is 1.69. The maximum atomic E-state index is 4.48. The summed E-state index contributed by atoms with van der Waals surface area (Å²) in [6.45, 7) is 2.28. The van der Waals surface area contributed by atoms with E-state index in [1.807, 2.05) is 24.5 Å². The first-order chi connectivity index (χ1) is 8.92. The van der Waals surface area contributed by atoms with Crippen LogP contribution in [0.3, 0.4) is 0 Å². The molecular formula is C14H18N4. The third kappa shape index (κ3) is 2.59. The number of imidazole rings is 1. The van der Waals surface area contributed by atoms with Gasteiger partial charge >= 0.3 is 0 Å². The van der Waals surface area contributed by atoms with Crippen LogP contribution in [0.15, 0.2) is 30.7 Å². The molecule has 1 aliphatic heterocycles. The van der Waals surface area contributed by atoms with Gasteiger partial charge in [-0.1, -0.05) is 0 Å². The van der Waals surface area contributed by atoms with E-state index in [1.54, 1.807) is 6.20 Å². The molecule has 0 bridgehead atoms. The highest BCUT2D eigenvalue weighted by Gasteiger charge is 2.15. The number of rotatable bonds is 3. The van der Waals surface area contributed by atoms with Crippen molar-refractivity contribution in [3.05, 3.63) is 36.5 Å². The Kier molecular flexibility index (Phi) is 3.37. The first-order valence-electron chi connectivity index (χ1n) is 6.57. The molecule has 2 N–H and O–H groups in total. The summed E-state index contributed by atoms with van der Waals surface area (Å²) < 4.78 is 0. The Hall–Kier alpha value is -1.68. The molecule has 1 atom stereocenters. The average molecular weight is 242 g/mol. The molecular weight excluding hydrogens is 224 g/mol. The van der Waals surface area contributed by atoms with Gasteiger partial charge in [0.2, 0.25) is 0 Å². The van der Waals surface area contributed by atoms with Crippen LogP contribution in [0.5, 0.6) is 0 Å². The van der Waals surface area contributed by atoms with Gasteiger partial charge in [-0.2, -0.15) is 0 Å². The number of hydrogen-bond acceptors (Lipinski definition) is 3. The quantitative estimate of drug-likeness (QED) is 0.865. The van der Waals surface area contributed by atoms with Crippen molar-refractivity contribution in [3.8, 4) is 11.3 Å². The smallest absolute Gasteiger partial charge is 0.106 e. The fraction of sp³-hybridized carbons (Fsp3) is 0.429. The van der Waals surface area contributed by atoms with Crippen LogP contribution in [0.25, 0.3) is 11.3 Å². The molecule has 0 aliphatic carbocycles. The third-order valence-corrected chi connectivity index (χ3v) is 3.48. The van der Waals surface area contributed by atoms with Crippen molar-refractivity contribution in [2.75, 3.05) is 13.1 Å². The van der Waals surface area contributed by atoms with Crippen molar-refractivity contribution in [2.45, 2.75) is 19.3 Å². The van der Waals surface area contributed by atoms with E-state index in [0.717, 1.165) is 36.6 Å². The molecule has 1 aliphatic rings. The van der Waals surface area contributed by atoms with Gasteiger partial charge in [-0.05, 0) is 44.0 Å². The molecule has 2 aromatic heterocycles. The summed E-state index contributed by atoms with van der Waals surface area (Å²) in [5.74, 6) is 1.80. The van der Waals surface area contributed by atoms with E-state index < -0.39 is 0 Å². The second-order valence-corrected chi connectivity index (χ2v) is 4.90. The van der Waals surface area contributed by atoms with Crippen LogP contribution in [-0.2, 0) is 6.42 Å². The minimum absolute atomic E-state index is 0.714. The molecule has 94 valence electrons. The highest BCUT2D eigenvalue weighted by atomic mass is 14.9. The molecule has 0 radical (unpaired) electrons. The van der Waals surface area contributed by atoms with Gasteiger partial charge < -0.3 is 10.3 Å². The maximum absolute atomic E-state index is 4.48. The summed E-state index contributed by atoms with van der Waals surface area (Å²) in [5, 5.41) is 3.44. The van der Waals surface area contributed by atoms with Crippen LogP contribution in [0.4, 0.5) is 0 Å². The summed E-state index contributed by atoms with van der Waals surface area (Å²) in [4.78, 5) is 12.0. The molecule has 1 saturated heterocycles. The van der Waals surface area contributed by atoms with Crippen molar-refractivity contribution >= 4 is 0 Å². The standard InChI is InChI=1S/C14H18N4/c1-3-11(8-15-5-1)7-14-17-10-13(18-14)12-4-2-6-16-9-12/h2,4,6,9-11,15H,1,3,5,7-8H2,(H,17,18). The molecule has 3 heterocycles. The van der Waals surface area contributed by atoms with Gasteiger partial charge in [0.1, 0.15) is 5.82 Å². The molecule has 1 unspecified atom stereocenters. The van der Waals surface area contributed by atoms with E-state index in [-0.39, 0.29) is 0 Å². The van der Waals surface area contributed by atoms with Crippen molar-refractivity contribution in [2.24, 2.45) is 5.92 Å². The average Bonchev–Trinajstić information content (AvgIpc) is 2.89. The minimum atomic E-state index is 0.714. The zero-order valence-corrected chi connectivity index (χ0v) is 10.4. The van der Waals surface area contributed by atoms with Crippen molar-refractivity contribution in [3.63, 3.8) is 0 Å². The fourth-order valence-electron chi connectivity index (χ4n) is 2.51. The Morgan fingerprint density at radius 3 is 3.11 bits per heavy atom. The predicted octanol–water partition coefficient (Wildman–Crippen LogP) is 2.01. The number of piperidine rings is 1. The van der Waals surface area contributed by atoms with Crippen LogP contribution in [0.1, 0.15) is 18.7 Å². The van der Waals surface area contributed by atoms with E-state index in [4.69, 9.17) is 0 Å². The number of pyridine rings is 1. The Bertz CT molecular complexity index is 486. The SMILES string of the molecule is c1cncc(-c2cnc(CC3CCCNC3)[nH]2)c1. The first-order valence-corrected chi connectivity index (χ1v) is 6.57. The van der Waals surface area contributed by atoms with E-state index in [0.29, 0.717) is 5.92 Å². The molecule has 0 saturated carbocycles. The van der Waals surface area contributed by atoms with Crippen LogP contribution in [0.2, 0.25) is 0 Å². The molecule has 18 heavy (non-hydrogen) atoms. The monoisotopic (exact) mass is 242 g/mol.